The van der Waals surface area contributed by atoms with E-state index in [9.17, 15) is 13.5 Å². The number of nitrogens with one attached hydrogen (secondary N) is 1. The van der Waals surface area contributed by atoms with E-state index in [1.54, 1.807) is 6.92 Å². The lowest BCUT2D eigenvalue weighted by molar-refractivity contribution is 0.277. The predicted octanol–water partition coefficient (Wildman–Crippen LogP) is 0.573. The van der Waals surface area contributed by atoms with Gasteiger partial charge in [-0.15, -0.1) is 13.2 Å². The Balaban J connectivity index is 3.25. The largest absolute Gasteiger partial charge is 0.392 e. The van der Waals surface area contributed by atoms with Crippen molar-refractivity contribution in [2.45, 2.75) is 18.6 Å². The molecule has 0 spiro atoms. The van der Waals surface area contributed by atoms with Gasteiger partial charge in [0.2, 0.25) is 0 Å². The van der Waals surface area contributed by atoms with Gasteiger partial charge in [-0.3, -0.25) is 5.10 Å². The molecule has 0 bridgehead atoms. The summed E-state index contributed by atoms with van der Waals surface area (Å²) in [6, 6.07) is 0. The highest BCUT2D eigenvalue weighted by atomic mass is 32.2. The third-order valence-corrected chi connectivity index (χ3v) is 4.25. The minimum atomic E-state index is -3.76. The van der Waals surface area contributed by atoms with Gasteiger partial charge >= 0.3 is 0 Å². The fourth-order valence-corrected chi connectivity index (χ4v) is 3.05. The van der Waals surface area contributed by atoms with Crippen LogP contribution in [0.5, 0.6) is 0 Å². The maximum absolute atomic E-state index is 12.3. The molecule has 0 saturated heterocycles. The summed E-state index contributed by atoms with van der Waals surface area (Å²) in [4.78, 5) is 0. The van der Waals surface area contributed by atoms with E-state index in [-0.39, 0.29) is 30.3 Å². The molecule has 1 rings (SSSR count). The van der Waals surface area contributed by atoms with Crippen LogP contribution in [0.15, 0.2) is 30.3 Å². The van der Waals surface area contributed by atoms with Gasteiger partial charge in [0, 0.05) is 24.3 Å². The number of aliphatic hydroxyl groups excluding tert-OH is 1. The van der Waals surface area contributed by atoms with Crippen LogP contribution in [0.25, 0.3) is 0 Å². The van der Waals surface area contributed by atoms with Crippen molar-refractivity contribution < 1.29 is 13.5 Å². The van der Waals surface area contributed by atoms with Crippen molar-refractivity contribution in [1.29, 1.82) is 0 Å². The summed E-state index contributed by atoms with van der Waals surface area (Å²) in [6.45, 7) is 8.63. The van der Waals surface area contributed by atoms with Crippen LogP contribution in [0.1, 0.15) is 11.3 Å². The molecule has 0 aliphatic carbocycles. The average Bonchev–Trinajstić information content (AvgIpc) is 2.70. The summed E-state index contributed by atoms with van der Waals surface area (Å²) in [5, 5.41) is 15.4. The molecule has 2 N–H and O–H groups in total. The van der Waals surface area contributed by atoms with E-state index in [1.165, 1.54) is 16.5 Å². The molecule has 0 aliphatic heterocycles. The second-order valence-electron chi connectivity index (χ2n) is 3.69. The number of rotatable bonds is 7. The van der Waals surface area contributed by atoms with E-state index in [2.05, 4.69) is 23.4 Å². The monoisotopic (exact) mass is 271 g/mol. The Morgan fingerprint density at radius 1 is 1.39 bits per heavy atom. The Morgan fingerprint density at radius 2 is 1.94 bits per heavy atom. The van der Waals surface area contributed by atoms with Gasteiger partial charge in [0.15, 0.2) is 5.03 Å². The van der Waals surface area contributed by atoms with Crippen molar-refractivity contribution in [3.05, 3.63) is 36.6 Å². The van der Waals surface area contributed by atoms with Gasteiger partial charge < -0.3 is 5.11 Å². The third kappa shape index (κ3) is 2.69. The zero-order valence-corrected chi connectivity index (χ0v) is 11.1. The number of nitrogens with zero attached hydrogens (tertiary/aromatic N) is 2. The Labute approximate surface area is 107 Å². The first-order chi connectivity index (χ1) is 8.48. The minimum absolute atomic E-state index is 0.147. The van der Waals surface area contributed by atoms with Crippen molar-refractivity contribution in [3.8, 4) is 0 Å². The van der Waals surface area contributed by atoms with Crippen molar-refractivity contribution >= 4 is 10.0 Å². The number of aromatic nitrogens is 2. The van der Waals surface area contributed by atoms with Crippen LogP contribution in [0.2, 0.25) is 0 Å². The molecule has 1 aromatic heterocycles. The standard InChI is InChI=1S/C11H17N3O3S/c1-4-6-14(7-5-2)18(16,17)11-10(8-15)9(3)12-13-11/h4-5,15H,1-2,6-8H2,3H3,(H,12,13). The number of hydrogen-bond donors (Lipinski definition) is 2. The van der Waals surface area contributed by atoms with Crippen LogP contribution >= 0.6 is 0 Å². The van der Waals surface area contributed by atoms with Crippen LogP contribution in [0, 0.1) is 6.92 Å². The summed E-state index contributed by atoms with van der Waals surface area (Å²) in [7, 11) is -3.76. The molecule has 1 aromatic rings. The van der Waals surface area contributed by atoms with Crippen molar-refractivity contribution in [3.63, 3.8) is 0 Å². The SMILES string of the molecule is C=CCN(CC=C)S(=O)(=O)c1n[nH]c(C)c1CO. The minimum Gasteiger partial charge on any atom is -0.392 e. The Bertz CT molecular complexity index is 524. The van der Waals surface area contributed by atoms with Gasteiger partial charge in [-0.25, -0.2) is 8.42 Å². The van der Waals surface area contributed by atoms with E-state index < -0.39 is 10.0 Å². The Morgan fingerprint density at radius 3 is 2.39 bits per heavy atom. The smallest absolute Gasteiger partial charge is 0.263 e. The molecule has 0 amide bonds. The number of aryl methyl sites for hydroxylation is 1. The van der Waals surface area contributed by atoms with Crippen LogP contribution < -0.4 is 0 Å². The van der Waals surface area contributed by atoms with Crippen LogP contribution in [-0.4, -0.2) is 41.1 Å². The van der Waals surface area contributed by atoms with Crippen LogP contribution in [0.3, 0.4) is 0 Å². The molecule has 1 heterocycles. The summed E-state index contributed by atoms with van der Waals surface area (Å²) in [5.41, 5.74) is 0.821. The first-order valence-corrected chi connectivity index (χ1v) is 6.79. The first-order valence-electron chi connectivity index (χ1n) is 5.35. The van der Waals surface area contributed by atoms with E-state index >= 15 is 0 Å². The van der Waals surface area contributed by atoms with Crippen LogP contribution in [-0.2, 0) is 16.6 Å². The van der Waals surface area contributed by atoms with Gasteiger partial charge in [0.05, 0.1) is 6.61 Å². The average molecular weight is 271 g/mol. The fraction of sp³-hybridized carbons (Fsp3) is 0.364. The highest BCUT2D eigenvalue weighted by Crippen LogP contribution is 2.20. The zero-order chi connectivity index (χ0) is 13.8. The maximum atomic E-state index is 12.3. The van der Waals surface area contributed by atoms with Gasteiger partial charge in [-0.1, -0.05) is 12.2 Å². The third-order valence-electron chi connectivity index (χ3n) is 2.44. The van der Waals surface area contributed by atoms with Crippen molar-refractivity contribution in [1.82, 2.24) is 14.5 Å². The first kappa shape index (κ1) is 14.6. The summed E-state index contributed by atoms with van der Waals surface area (Å²) in [5.74, 6) is 0. The molecule has 7 heteroatoms. The molecule has 0 aromatic carbocycles. The molecule has 100 valence electrons. The number of hydrogen-bond acceptors (Lipinski definition) is 4. The lowest BCUT2D eigenvalue weighted by Gasteiger charge is -2.18. The van der Waals surface area contributed by atoms with E-state index in [4.69, 9.17) is 0 Å². The number of aliphatic hydroxyl groups is 1. The molecule has 0 aliphatic rings. The number of aromatic amines is 1. The molecular formula is C11H17N3O3S. The van der Waals surface area contributed by atoms with Crippen molar-refractivity contribution in [2.75, 3.05) is 13.1 Å². The topological polar surface area (TPSA) is 86.3 Å². The zero-order valence-electron chi connectivity index (χ0n) is 10.3. The molecular weight excluding hydrogens is 254 g/mol. The van der Waals surface area contributed by atoms with Crippen LogP contribution in [0.4, 0.5) is 0 Å². The number of H-pyrrole nitrogens is 1. The Kier molecular flexibility index (Phi) is 4.83. The van der Waals surface area contributed by atoms with E-state index in [0.29, 0.717) is 5.69 Å². The molecule has 0 fully saturated rings. The van der Waals surface area contributed by atoms with E-state index in [0.717, 1.165) is 0 Å². The summed E-state index contributed by atoms with van der Waals surface area (Å²) >= 11 is 0. The highest BCUT2D eigenvalue weighted by molar-refractivity contribution is 7.89. The molecule has 6 nitrogen and oxygen atoms in total. The van der Waals surface area contributed by atoms with Crippen molar-refractivity contribution in [2.24, 2.45) is 0 Å². The quantitative estimate of drug-likeness (QED) is 0.710. The molecule has 0 radical (unpaired) electrons. The lowest BCUT2D eigenvalue weighted by Crippen LogP contribution is -2.32. The van der Waals surface area contributed by atoms with E-state index in [1.807, 2.05) is 0 Å². The second-order valence-corrected chi connectivity index (χ2v) is 5.54. The molecule has 0 unspecified atom stereocenters. The highest BCUT2D eigenvalue weighted by Gasteiger charge is 2.28. The number of sulfonamides is 1. The lowest BCUT2D eigenvalue weighted by atomic mass is 10.3. The fourth-order valence-electron chi connectivity index (χ4n) is 1.51. The van der Waals surface area contributed by atoms with Gasteiger partial charge in [0.1, 0.15) is 0 Å². The summed E-state index contributed by atoms with van der Waals surface area (Å²) in [6.07, 6.45) is 2.97. The Hall–Kier alpha value is -1.44. The van der Waals surface area contributed by atoms with Gasteiger partial charge in [-0.05, 0) is 6.92 Å². The second kappa shape index (κ2) is 5.94. The normalized spacial score (nSPS) is 11.7. The van der Waals surface area contributed by atoms with Gasteiger partial charge in [0.25, 0.3) is 10.0 Å². The predicted molar refractivity (Wildman–Crippen MR) is 68.4 cm³/mol. The maximum Gasteiger partial charge on any atom is 0.263 e. The molecule has 18 heavy (non-hydrogen) atoms. The molecule has 0 saturated carbocycles. The summed E-state index contributed by atoms with van der Waals surface area (Å²) < 4.78 is 25.9. The molecule has 0 atom stereocenters. The van der Waals surface area contributed by atoms with Gasteiger partial charge in [-0.2, -0.15) is 9.40 Å².